The largest absolute Gasteiger partial charge is 0.489 e. The van der Waals surface area contributed by atoms with Crippen molar-refractivity contribution in [2.24, 2.45) is 0 Å². The van der Waals surface area contributed by atoms with Crippen LogP contribution in [0.2, 0.25) is 0 Å². The minimum atomic E-state index is -2.86. The number of piperidine rings is 1. The maximum atomic E-state index is 14.3. The first-order valence-electron chi connectivity index (χ1n) is 8.98. The zero-order valence-electron chi connectivity index (χ0n) is 15.0. The Hall–Kier alpha value is -2.38. The third-order valence-electron chi connectivity index (χ3n) is 5.02. The molecule has 1 aromatic heterocycles. The van der Waals surface area contributed by atoms with Crippen LogP contribution in [0.4, 0.5) is 8.78 Å². The smallest absolute Gasteiger partial charge is 0.270 e. The van der Waals surface area contributed by atoms with E-state index in [1.54, 1.807) is 18.2 Å². The Morgan fingerprint density at radius 3 is 3.04 bits per heavy atom. The number of aliphatic hydroxyl groups is 1. The molecule has 0 radical (unpaired) electrons. The molecule has 7 heteroatoms. The van der Waals surface area contributed by atoms with E-state index >= 15 is 0 Å². The molecular formula is C20H22F2N2O3. The third-order valence-corrected chi connectivity index (χ3v) is 5.02. The summed E-state index contributed by atoms with van der Waals surface area (Å²) < 4.78 is 39.9. The van der Waals surface area contributed by atoms with Crippen LogP contribution in [0.25, 0.3) is 11.0 Å². The zero-order valence-corrected chi connectivity index (χ0v) is 15.0. The summed E-state index contributed by atoms with van der Waals surface area (Å²) in [5.41, 5.74) is 1.31. The van der Waals surface area contributed by atoms with Crippen LogP contribution in [0, 0.1) is 6.92 Å². The summed E-state index contributed by atoms with van der Waals surface area (Å²) >= 11 is 0. The van der Waals surface area contributed by atoms with Gasteiger partial charge in [0.15, 0.2) is 6.23 Å². The third kappa shape index (κ3) is 3.57. The number of hydrogen-bond donors (Lipinski definition) is 2. The van der Waals surface area contributed by atoms with Crippen LogP contribution in [0.1, 0.15) is 12.2 Å². The second kappa shape index (κ2) is 6.98. The first-order valence-corrected chi connectivity index (χ1v) is 8.98. The first-order chi connectivity index (χ1) is 12.9. The summed E-state index contributed by atoms with van der Waals surface area (Å²) in [6.07, 6.45) is 3.49. The van der Waals surface area contributed by atoms with Gasteiger partial charge in [-0.15, -0.1) is 0 Å². The molecule has 0 spiro atoms. The van der Waals surface area contributed by atoms with E-state index in [1.807, 2.05) is 25.1 Å². The van der Waals surface area contributed by atoms with Gasteiger partial charge >= 0.3 is 0 Å². The quantitative estimate of drug-likeness (QED) is 0.858. The molecule has 2 aromatic rings. The van der Waals surface area contributed by atoms with Gasteiger partial charge in [-0.25, -0.2) is 8.78 Å². The lowest BCUT2D eigenvalue weighted by Gasteiger charge is -2.43. The number of allylic oxidation sites excluding steroid dienone is 2. The van der Waals surface area contributed by atoms with Gasteiger partial charge in [0, 0.05) is 36.7 Å². The number of ether oxygens (including phenoxy) is 1. The maximum Gasteiger partial charge on any atom is 0.270 e. The van der Waals surface area contributed by atoms with Crippen LogP contribution in [-0.4, -0.2) is 47.9 Å². The van der Waals surface area contributed by atoms with Gasteiger partial charge in [0.05, 0.1) is 0 Å². The van der Waals surface area contributed by atoms with Crippen molar-refractivity contribution in [3.8, 4) is 5.75 Å². The van der Waals surface area contributed by atoms with Crippen LogP contribution in [-0.2, 0) is 0 Å². The van der Waals surface area contributed by atoms with Crippen LogP contribution in [0.15, 0.2) is 52.6 Å². The molecule has 5 nitrogen and oxygen atoms in total. The summed E-state index contributed by atoms with van der Waals surface area (Å²) in [4.78, 5) is 1.31. The Labute approximate surface area is 155 Å². The van der Waals surface area contributed by atoms with Crippen molar-refractivity contribution in [2.75, 3.05) is 19.7 Å². The molecule has 0 amide bonds. The van der Waals surface area contributed by atoms with E-state index in [-0.39, 0.29) is 26.1 Å². The lowest BCUT2D eigenvalue weighted by atomic mass is 9.99. The number of benzene rings is 1. The van der Waals surface area contributed by atoms with E-state index in [2.05, 4.69) is 5.32 Å². The molecule has 144 valence electrons. The Morgan fingerprint density at radius 2 is 2.22 bits per heavy atom. The topological polar surface area (TPSA) is 57.9 Å². The summed E-state index contributed by atoms with van der Waals surface area (Å²) in [7, 11) is 0. The Balaban J connectivity index is 1.45. The van der Waals surface area contributed by atoms with Gasteiger partial charge in [-0.05, 0) is 37.3 Å². The molecule has 0 bridgehead atoms. The van der Waals surface area contributed by atoms with Crippen LogP contribution < -0.4 is 10.1 Å². The Bertz CT molecular complexity index is 890. The lowest BCUT2D eigenvalue weighted by molar-refractivity contribution is -0.118. The number of aliphatic hydroxyl groups excluding tert-OH is 1. The number of alkyl halides is 2. The molecule has 1 saturated heterocycles. The number of nitrogens with zero attached hydrogens (tertiary/aromatic N) is 1. The number of fused-ring (bicyclic) bond motifs is 1. The number of furan rings is 1. The lowest BCUT2D eigenvalue weighted by Crippen LogP contribution is -2.59. The van der Waals surface area contributed by atoms with Gasteiger partial charge in [-0.1, -0.05) is 6.08 Å². The molecule has 0 saturated carbocycles. The highest BCUT2D eigenvalue weighted by molar-refractivity contribution is 5.79. The van der Waals surface area contributed by atoms with Gasteiger partial charge in [-0.2, -0.15) is 0 Å². The molecule has 27 heavy (non-hydrogen) atoms. The van der Waals surface area contributed by atoms with Crippen molar-refractivity contribution in [1.29, 1.82) is 0 Å². The number of aryl methyl sites for hydroxylation is 1. The first kappa shape index (κ1) is 18.0. The monoisotopic (exact) mass is 376 g/mol. The van der Waals surface area contributed by atoms with E-state index in [0.29, 0.717) is 11.3 Å². The molecule has 4 rings (SSSR count). The van der Waals surface area contributed by atoms with E-state index in [9.17, 15) is 13.9 Å². The summed E-state index contributed by atoms with van der Waals surface area (Å²) in [5.74, 6) is -1.41. The van der Waals surface area contributed by atoms with E-state index in [0.717, 1.165) is 16.7 Å². The second-order valence-electron chi connectivity index (χ2n) is 6.98. The molecular weight excluding hydrogens is 354 g/mol. The highest BCUT2D eigenvalue weighted by atomic mass is 19.3. The fourth-order valence-electron chi connectivity index (χ4n) is 3.57. The molecule has 0 aliphatic carbocycles. The zero-order chi connectivity index (χ0) is 19.0. The molecule has 1 aromatic carbocycles. The van der Waals surface area contributed by atoms with Gasteiger partial charge in [-0.3, -0.25) is 0 Å². The Kier molecular flexibility index (Phi) is 4.65. The highest BCUT2D eigenvalue weighted by Crippen LogP contribution is 2.32. The van der Waals surface area contributed by atoms with Crippen LogP contribution >= 0.6 is 0 Å². The summed E-state index contributed by atoms with van der Waals surface area (Å²) in [6.45, 7) is 2.38. The number of nitrogens with one attached hydrogen (secondary N) is 1. The number of halogens is 2. The Morgan fingerprint density at radius 1 is 1.37 bits per heavy atom. The van der Waals surface area contributed by atoms with E-state index in [1.165, 1.54) is 11.1 Å². The van der Waals surface area contributed by atoms with Crippen molar-refractivity contribution in [2.45, 2.75) is 31.5 Å². The molecule has 2 unspecified atom stereocenters. The van der Waals surface area contributed by atoms with Gasteiger partial charge in [0.25, 0.3) is 5.92 Å². The second-order valence-corrected chi connectivity index (χ2v) is 6.98. The van der Waals surface area contributed by atoms with E-state index < -0.39 is 18.2 Å². The van der Waals surface area contributed by atoms with Gasteiger partial charge in [0.2, 0.25) is 0 Å². The molecule has 1 fully saturated rings. The summed E-state index contributed by atoms with van der Waals surface area (Å²) in [5, 5.41) is 14.5. The molecule has 2 aliphatic rings. The van der Waals surface area contributed by atoms with E-state index in [4.69, 9.17) is 9.15 Å². The fourth-order valence-corrected chi connectivity index (χ4v) is 3.57. The fraction of sp³-hybridized carbons (Fsp3) is 0.400. The van der Waals surface area contributed by atoms with Crippen molar-refractivity contribution in [3.63, 3.8) is 0 Å². The van der Waals surface area contributed by atoms with Crippen LogP contribution in [0.5, 0.6) is 5.75 Å². The number of rotatable bonds is 4. The van der Waals surface area contributed by atoms with Crippen molar-refractivity contribution >= 4 is 11.0 Å². The van der Waals surface area contributed by atoms with Crippen molar-refractivity contribution in [3.05, 3.63) is 54.0 Å². The van der Waals surface area contributed by atoms with Crippen molar-refractivity contribution < 1.29 is 23.0 Å². The average Bonchev–Trinajstić information content (AvgIpc) is 3.00. The normalized spacial score (nSPS) is 24.9. The maximum absolute atomic E-state index is 14.3. The molecule has 2 N–H and O–H groups in total. The van der Waals surface area contributed by atoms with Crippen LogP contribution in [0.3, 0.4) is 0 Å². The predicted molar refractivity (Wildman–Crippen MR) is 97.7 cm³/mol. The van der Waals surface area contributed by atoms with Gasteiger partial charge in [0.1, 0.15) is 29.7 Å². The minimum Gasteiger partial charge on any atom is -0.489 e. The molecule has 3 heterocycles. The number of hydrogen-bond acceptors (Lipinski definition) is 5. The van der Waals surface area contributed by atoms with Gasteiger partial charge < -0.3 is 24.5 Å². The molecule has 2 aliphatic heterocycles. The SMILES string of the molecule is Cc1cc2cc(OCC3=CC=CN(C4CNCCC4(F)F)C3O)ccc2o1. The van der Waals surface area contributed by atoms with Crippen molar-refractivity contribution in [1.82, 2.24) is 10.2 Å². The average molecular weight is 376 g/mol. The summed E-state index contributed by atoms with van der Waals surface area (Å²) in [6, 6.07) is 6.29. The minimum absolute atomic E-state index is 0.107. The standard InChI is InChI=1S/C20H22F2N2O3/c1-13-9-15-10-16(4-5-17(15)27-13)26-12-14-3-2-8-24(19(14)25)18-11-23-7-6-20(18,21)22/h2-5,8-10,18-19,23,25H,6-7,11-12H2,1H3. The predicted octanol–water partition coefficient (Wildman–Crippen LogP) is 3.19. The highest BCUT2D eigenvalue weighted by Gasteiger charge is 2.46. The molecule has 2 atom stereocenters.